The van der Waals surface area contributed by atoms with Crippen LogP contribution in [0, 0.1) is 0 Å². The van der Waals surface area contributed by atoms with E-state index < -0.39 is 0 Å². The number of aromatic nitrogens is 3. The summed E-state index contributed by atoms with van der Waals surface area (Å²) in [7, 11) is 5.87. The van der Waals surface area contributed by atoms with E-state index in [9.17, 15) is 14.4 Å². The predicted octanol–water partition coefficient (Wildman–Crippen LogP) is 2.49. The van der Waals surface area contributed by atoms with E-state index in [0.717, 1.165) is 37.2 Å². The number of nitrogens with zero attached hydrogens (tertiary/aromatic N) is 5. The lowest BCUT2D eigenvalue weighted by Gasteiger charge is -2.17. The molecule has 0 aromatic carbocycles. The Hall–Kier alpha value is -3.57. The van der Waals surface area contributed by atoms with E-state index in [1.54, 1.807) is 21.7 Å². The number of hydrogen-bond acceptors (Lipinski definition) is 8. The standard InChI is InChI=1S/C25H29N7O3S/c1-30(2)7-4-8-31(3)25(35)20-10-17(14-36-20)19-12-21(27-18-5-6-18)32-23(28-19)16(13-26-32)9-15-11-22(33)29-24(15)34/h9-10,12-14,18,27H,4-8,11H2,1-3H3,(H,29,33,34)/b15-9+. The molecule has 36 heavy (non-hydrogen) atoms. The average molecular weight is 508 g/mol. The third-order valence-corrected chi connectivity index (χ3v) is 7.12. The summed E-state index contributed by atoms with van der Waals surface area (Å²) in [4.78, 5) is 46.0. The minimum Gasteiger partial charge on any atom is -0.367 e. The van der Waals surface area contributed by atoms with Crippen molar-refractivity contribution in [1.82, 2.24) is 29.7 Å². The number of rotatable bonds is 9. The highest BCUT2D eigenvalue weighted by Crippen LogP contribution is 2.31. The fraction of sp³-hybridized carbons (Fsp3) is 0.400. The largest absolute Gasteiger partial charge is 0.367 e. The summed E-state index contributed by atoms with van der Waals surface area (Å²) in [5.74, 6) is 0.0974. The monoisotopic (exact) mass is 507 g/mol. The lowest BCUT2D eigenvalue weighted by Crippen LogP contribution is -2.29. The van der Waals surface area contributed by atoms with Crippen LogP contribution < -0.4 is 10.6 Å². The smallest absolute Gasteiger partial charge is 0.263 e. The Kier molecular flexibility index (Phi) is 6.59. The zero-order valence-corrected chi connectivity index (χ0v) is 21.4. The van der Waals surface area contributed by atoms with Crippen LogP contribution in [0.4, 0.5) is 5.82 Å². The molecule has 3 aromatic heterocycles. The number of amides is 3. The number of imide groups is 1. The SMILES string of the molecule is CN(C)CCCN(C)C(=O)c1cc(-c2cc(NC3CC3)n3ncc(/C=C4\CC(=O)NC4=O)c3n2)cs1. The first-order chi connectivity index (χ1) is 17.3. The molecule has 0 unspecified atom stereocenters. The van der Waals surface area contributed by atoms with Gasteiger partial charge in [-0.25, -0.2) is 4.98 Å². The molecule has 11 heteroatoms. The fourth-order valence-corrected chi connectivity index (χ4v) is 4.97. The molecule has 0 bridgehead atoms. The van der Waals surface area contributed by atoms with E-state index in [2.05, 4.69) is 20.6 Å². The summed E-state index contributed by atoms with van der Waals surface area (Å²) in [5, 5.41) is 12.2. The zero-order chi connectivity index (χ0) is 25.4. The molecular formula is C25H29N7O3S. The van der Waals surface area contributed by atoms with Crippen molar-refractivity contribution in [2.75, 3.05) is 39.5 Å². The van der Waals surface area contributed by atoms with Gasteiger partial charge in [-0.1, -0.05) is 0 Å². The van der Waals surface area contributed by atoms with Gasteiger partial charge in [-0.05, 0) is 52.0 Å². The van der Waals surface area contributed by atoms with Crippen molar-refractivity contribution in [2.45, 2.75) is 31.7 Å². The van der Waals surface area contributed by atoms with Crippen molar-refractivity contribution < 1.29 is 14.4 Å². The van der Waals surface area contributed by atoms with Crippen molar-refractivity contribution in [3.05, 3.63) is 39.7 Å². The second kappa shape index (κ2) is 9.82. The molecule has 2 fully saturated rings. The Morgan fingerprint density at radius 3 is 2.75 bits per heavy atom. The van der Waals surface area contributed by atoms with E-state index in [1.165, 1.54) is 11.3 Å². The highest BCUT2D eigenvalue weighted by atomic mass is 32.1. The van der Waals surface area contributed by atoms with Crippen molar-refractivity contribution in [1.29, 1.82) is 0 Å². The summed E-state index contributed by atoms with van der Waals surface area (Å²) in [6.07, 6.45) is 6.46. The highest BCUT2D eigenvalue weighted by molar-refractivity contribution is 7.12. The van der Waals surface area contributed by atoms with Crippen LogP contribution in [-0.4, -0.2) is 82.4 Å². The first-order valence-electron chi connectivity index (χ1n) is 12.0. The quantitative estimate of drug-likeness (QED) is 0.338. The second-order valence-electron chi connectivity index (χ2n) is 9.59. The van der Waals surface area contributed by atoms with E-state index in [4.69, 9.17) is 4.98 Å². The van der Waals surface area contributed by atoms with Gasteiger partial charge in [-0.2, -0.15) is 9.61 Å². The van der Waals surface area contributed by atoms with Crippen LogP contribution >= 0.6 is 11.3 Å². The van der Waals surface area contributed by atoms with Gasteiger partial charge >= 0.3 is 0 Å². The van der Waals surface area contributed by atoms with Crippen LogP contribution in [0.2, 0.25) is 0 Å². The Bertz CT molecular complexity index is 1370. The van der Waals surface area contributed by atoms with Gasteiger partial charge in [-0.3, -0.25) is 19.7 Å². The molecule has 3 amide bonds. The van der Waals surface area contributed by atoms with Gasteiger partial charge in [-0.15, -0.1) is 11.3 Å². The Balaban J connectivity index is 1.46. The summed E-state index contributed by atoms with van der Waals surface area (Å²) in [6, 6.07) is 4.22. The molecule has 0 radical (unpaired) electrons. The van der Waals surface area contributed by atoms with Crippen LogP contribution in [0.25, 0.3) is 23.0 Å². The lowest BCUT2D eigenvalue weighted by molar-refractivity contribution is -0.124. The number of hydrogen-bond donors (Lipinski definition) is 2. The number of carbonyl (C=O) groups excluding carboxylic acids is 3. The molecule has 0 atom stereocenters. The maximum absolute atomic E-state index is 13.0. The number of fused-ring (bicyclic) bond motifs is 1. The first kappa shape index (κ1) is 24.1. The maximum Gasteiger partial charge on any atom is 0.263 e. The van der Waals surface area contributed by atoms with E-state index in [1.807, 2.05) is 38.7 Å². The molecule has 2 N–H and O–H groups in total. The highest BCUT2D eigenvalue weighted by Gasteiger charge is 2.26. The predicted molar refractivity (Wildman–Crippen MR) is 139 cm³/mol. The molecule has 1 saturated heterocycles. The van der Waals surface area contributed by atoms with Crippen LogP contribution in [0.1, 0.15) is 40.9 Å². The van der Waals surface area contributed by atoms with Gasteiger partial charge in [0.05, 0.1) is 23.2 Å². The number of thiophene rings is 1. The van der Waals surface area contributed by atoms with Gasteiger partial charge < -0.3 is 15.1 Å². The number of carbonyl (C=O) groups is 3. The molecule has 1 aliphatic carbocycles. The Morgan fingerprint density at radius 2 is 2.06 bits per heavy atom. The van der Waals surface area contributed by atoms with Crippen LogP contribution in [0.5, 0.6) is 0 Å². The zero-order valence-electron chi connectivity index (χ0n) is 20.6. The molecule has 2 aliphatic rings. The first-order valence-corrected chi connectivity index (χ1v) is 12.9. The molecule has 5 rings (SSSR count). The molecule has 1 aliphatic heterocycles. The molecular weight excluding hydrogens is 478 g/mol. The molecule has 1 saturated carbocycles. The lowest BCUT2D eigenvalue weighted by atomic mass is 10.1. The third-order valence-electron chi connectivity index (χ3n) is 6.21. The van der Waals surface area contributed by atoms with Gasteiger partial charge in [0.25, 0.3) is 11.8 Å². The molecule has 10 nitrogen and oxygen atoms in total. The average Bonchev–Trinajstić information content (AvgIpc) is 3.22. The minimum absolute atomic E-state index is 0.00546. The van der Waals surface area contributed by atoms with Crippen molar-refractivity contribution in [2.24, 2.45) is 0 Å². The number of nitrogens with one attached hydrogen (secondary N) is 2. The van der Waals surface area contributed by atoms with Gasteiger partial charge in [0.2, 0.25) is 5.91 Å². The topological polar surface area (TPSA) is 112 Å². The van der Waals surface area contributed by atoms with Gasteiger partial charge in [0.15, 0.2) is 5.65 Å². The Morgan fingerprint density at radius 1 is 1.25 bits per heavy atom. The van der Waals surface area contributed by atoms with Crippen LogP contribution in [-0.2, 0) is 9.59 Å². The van der Waals surface area contributed by atoms with Crippen molar-refractivity contribution >= 4 is 46.6 Å². The number of anilines is 1. The third kappa shape index (κ3) is 5.17. The van der Waals surface area contributed by atoms with Crippen LogP contribution in [0.3, 0.4) is 0 Å². The fourth-order valence-electron chi connectivity index (χ4n) is 4.07. The van der Waals surface area contributed by atoms with E-state index >= 15 is 0 Å². The normalized spacial score (nSPS) is 16.8. The van der Waals surface area contributed by atoms with Gasteiger partial charge in [0.1, 0.15) is 5.82 Å². The summed E-state index contributed by atoms with van der Waals surface area (Å²) in [6.45, 7) is 1.61. The summed E-state index contributed by atoms with van der Waals surface area (Å²) >= 11 is 1.40. The minimum atomic E-state index is -0.387. The second-order valence-corrected chi connectivity index (χ2v) is 10.5. The van der Waals surface area contributed by atoms with Crippen LogP contribution in [0.15, 0.2) is 29.3 Å². The van der Waals surface area contributed by atoms with Crippen molar-refractivity contribution in [3.63, 3.8) is 0 Å². The maximum atomic E-state index is 13.0. The van der Waals surface area contributed by atoms with E-state index in [-0.39, 0.29) is 24.1 Å². The van der Waals surface area contributed by atoms with Crippen molar-refractivity contribution in [3.8, 4) is 11.3 Å². The summed E-state index contributed by atoms with van der Waals surface area (Å²) in [5.41, 5.74) is 3.18. The Labute approximate surface area is 213 Å². The van der Waals surface area contributed by atoms with Gasteiger partial charge in [0, 0.05) is 47.8 Å². The molecule has 0 spiro atoms. The molecule has 188 valence electrons. The summed E-state index contributed by atoms with van der Waals surface area (Å²) < 4.78 is 1.72. The molecule has 3 aromatic rings. The molecule has 4 heterocycles. The van der Waals surface area contributed by atoms with E-state index in [0.29, 0.717) is 39.9 Å².